The number of halogens is 1. The summed E-state index contributed by atoms with van der Waals surface area (Å²) in [6.07, 6.45) is 0. The standard InChI is InChI=1S/C25H26FN3O5S/c1-33-22-8-6-21(7-9-22)28-14-16-29(17-15-28)25(30)18-34-23-10-12-24(13-11-23)35(31,32)27-20-4-2-19(26)3-5-20/h2-13,27H,14-18H2,1H3. The minimum atomic E-state index is -3.84. The third-order valence-corrected chi connectivity index (χ3v) is 7.06. The second-order valence-electron chi connectivity index (χ2n) is 7.94. The van der Waals surface area contributed by atoms with Crippen molar-refractivity contribution in [1.29, 1.82) is 0 Å². The molecular formula is C25H26FN3O5S. The Hall–Kier alpha value is -3.79. The number of hydrogen-bond acceptors (Lipinski definition) is 6. The molecule has 3 aromatic carbocycles. The summed E-state index contributed by atoms with van der Waals surface area (Å²) in [5, 5.41) is 0. The third-order valence-electron chi connectivity index (χ3n) is 5.66. The van der Waals surface area contributed by atoms with Gasteiger partial charge in [-0.3, -0.25) is 9.52 Å². The van der Waals surface area contributed by atoms with E-state index in [1.807, 2.05) is 24.3 Å². The molecule has 0 bridgehead atoms. The maximum atomic E-state index is 13.0. The molecule has 1 N–H and O–H groups in total. The Bertz CT molecular complexity index is 1240. The van der Waals surface area contributed by atoms with E-state index >= 15 is 0 Å². The zero-order valence-electron chi connectivity index (χ0n) is 19.2. The number of methoxy groups -OCH3 is 1. The van der Waals surface area contributed by atoms with Crippen LogP contribution in [0.4, 0.5) is 15.8 Å². The van der Waals surface area contributed by atoms with E-state index in [4.69, 9.17) is 9.47 Å². The van der Waals surface area contributed by atoms with E-state index in [1.165, 1.54) is 48.5 Å². The van der Waals surface area contributed by atoms with Gasteiger partial charge in [-0.15, -0.1) is 0 Å². The number of rotatable bonds is 8. The van der Waals surface area contributed by atoms with E-state index in [-0.39, 0.29) is 23.1 Å². The predicted molar refractivity (Wildman–Crippen MR) is 131 cm³/mol. The Morgan fingerprint density at radius 1 is 0.886 bits per heavy atom. The number of carbonyl (C=O) groups excluding carboxylic acids is 1. The maximum absolute atomic E-state index is 13.0. The molecule has 0 saturated carbocycles. The van der Waals surface area contributed by atoms with E-state index in [0.29, 0.717) is 31.9 Å². The number of benzene rings is 3. The molecule has 0 radical (unpaired) electrons. The largest absolute Gasteiger partial charge is 0.497 e. The second-order valence-corrected chi connectivity index (χ2v) is 9.62. The van der Waals surface area contributed by atoms with Crippen molar-refractivity contribution in [3.63, 3.8) is 0 Å². The summed E-state index contributed by atoms with van der Waals surface area (Å²) in [5.74, 6) is 0.600. The van der Waals surface area contributed by atoms with E-state index in [1.54, 1.807) is 12.0 Å². The molecule has 8 nitrogen and oxygen atoms in total. The lowest BCUT2D eigenvalue weighted by molar-refractivity contribution is -0.133. The monoisotopic (exact) mass is 499 g/mol. The summed E-state index contributed by atoms with van der Waals surface area (Å²) < 4.78 is 51.2. The van der Waals surface area contributed by atoms with Crippen LogP contribution in [0.2, 0.25) is 0 Å². The van der Waals surface area contributed by atoms with Crippen LogP contribution >= 0.6 is 0 Å². The highest BCUT2D eigenvalue weighted by Crippen LogP contribution is 2.22. The zero-order valence-corrected chi connectivity index (χ0v) is 20.0. The smallest absolute Gasteiger partial charge is 0.261 e. The molecule has 1 aliphatic heterocycles. The summed E-state index contributed by atoms with van der Waals surface area (Å²) in [7, 11) is -2.21. The summed E-state index contributed by atoms with van der Waals surface area (Å²) >= 11 is 0. The molecule has 3 aromatic rings. The molecule has 10 heteroatoms. The lowest BCUT2D eigenvalue weighted by Crippen LogP contribution is -2.50. The Morgan fingerprint density at radius 3 is 2.09 bits per heavy atom. The molecule has 0 aromatic heterocycles. The average Bonchev–Trinajstić information content (AvgIpc) is 2.89. The molecule has 1 aliphatic rings. The van der Waals surface area contributed by atoms with Gasteiger partial charge in [0.25, 0.3) is 15.9 Å². The van der Waals surface area contributed by atoms with Gasteiger partial charge in [0.1, 0.15) is 17.3 Å². The number of amides is 1. The quantitative estimate of drug-likeness (QED) is 0.512. The summed E-state index contributed by atoms with van der Waals surface area (Å²) in [6, 6.07) is 18.6. The molecule has 184 valence electrons. The van der Waals surface area contributed by atoms with Crippen LogP contribution in [0.15, 0.2) is 77.7 Å². The lowest BCUT2D eigenvalue weighted by Gasteiger charge is -2.36. The van der Waals surface area contributed by atoms with Crippen molar-refractivity contribution in [2.75, 3.05) is 49.5 Å². The molecule has 4 rings (SSSR count). The zero-order chi connectivity index (χ0) is 24.8. The van der Waals surface area contributed by atoms with Crippen molar-refractivity contribution < 1.29 is 27.1 Å². The van der Waals surface area contributed by atoms with Crippen molar-refractivity contribution >= 4 is 27.3 Å². The number of ether oxygens (including phenoxy) is 2. The topological polar surface area (TPSA) is 88.2 Å². The summed E-state index contributed by atoms with van der Waals surface area (Å²) in [4.78, 5) is 16.6. The van der Waals surface area contributed by atoms with E-state index in [0.717, 1.165) is 11.4 Å². The first-order valence-corrected chi connectivity index (χ1v) is 12.5. The van der Waals surface area contributed by atoms with Crippen LogP contribution in [-0.4, -0.2) is 59.1 Å². The highest BCUT2D eigenvalue weighted by atomic mass is 32.2. The molecule has 1 heterocycles. The summed E-state index contributed by atoms with van der Waals surface area (Å²) in [6.45, 7) is 2.46. The van der Waals surface area contributed by atoms with Crippen molar-refractivity contribution in [3.8, 4) is 11.5 Å². The lowest BCUT2D eigenvalue weighted by atomic mass is 10.2. The van der Waals surface area contributed by atoms with Gasteiger partial charge < -0.3 is 19.3 Å². The van der Waals surface area contributed by atoms with Gasteiger partial charge in [0.2, 0.25) is 0 Å². The van der Waals surface area contributed by atoms with Crippen molar-refractivity contribution in [2.24, 2.45) is 0 Å². The molecule has 0 aliphatic carbocycles. The first kappa shape index (κ1) is 24.3. The fourth-order valence-corrected chi connectivity index (χ4v) is 4.75. The molecule has 35 heavy (non-hydrogen) atoms. The number of sulfonamides is 1. The Morgan fingerprint density at radius 2 is 1.49 bits per heavy atom. The van der Waals surface area contributed by atoms with Gasteiger partial charge in [0.15, 0.2) is 6.61 Å². The second kappa shape index (κ2) is 10.6. The van der Waals surface area contributed by atoms with Crippen LogP contribution < -0.4 is 19.1 Å². The molecular weight excluding hydrogens is 473 g/mol. The molecule has 0 atom stereocenters. The van der Waals surface area contributed by atoms with Gasteiger partial charge in [-0.25, -0.2) is 12.8 Å². The fourth-order valence-electron chi connectivity index (χ4n) is 3.69. The maximum Gasteiger partial charge on any atom is 0.261 e. The molecule has 0 unspecified atom stereocenters. The van der Waals surface area contributed by atoms with Crippen LogP contribution in [0.5, 0.6) is 11.5 Å². The number of hydrogen-bond donors (Lipinski definition) is 1. The minimum Gasteiger partial charge on any atom is -0.497 e. The van der Waals surface area contributed by atoms with Crippen LogP contribution in [0, 0.1) is 5.82 Å². The van der Waals surface area contributed by atoms with Gasteiger partial charge in [0.05, 0.1) is 12.0 Å². The van der Waals surface area contributed by atoms with Crippen molar-refractivity contribution in [1.82, 2.24) is 4.90 Å². The van der Waals surface area contributed by atoms with Crippen molar-refractivity contribution in [2.45, 2.75) is 4.90 Å². The Balaban J connectivity index is 1.26. The molecule has 1 saturated heterocycles. The first-order chi connectivity index (χ1) is 16.8. The van der Waals surface area contributed by atoms with Gasteiger partial charge in [0, 0.05) is 37.6 Å². The number of carbonyl (C=O) groups is 1. The fraction of sp³-hybridized carbons (Fsp3) is 0.240. The van der Waals surface area contributed by atoms with Crippen LogP contribution in [0.3, 0.4) is 0 Å². The van der Waals surface area contributed by atoms with E-state index in [9.17, 15) is 17.6 Å². The SMILES string of the molecule is COc1ccc(N2CCN(C(=O)COc3ccc(S(=O)(=O)Nc4ccc(F)cc4)cc3)CC2)cc1. The number of anilines is 2. The normalized spacial score (nSPS) is 13.9. The van der Waals surface area contributed by atoms with E-state index in [2.05, 4.69) is 9.62 Å². The molecule has 1 fully saturated rings. The van der Waals surface area contributed by atoms with Crippen LogP contribution in [-0.2, 0) is 14.8 Å². The Kier molecular flexibility index (Phi) is 7.40. The minimum absolute atomic E-state index is 0.0233. The van der Waals surface area contributed by atoms with Crippen LogP contribution in [0.1, 0.15) is 0 Å². The van der Waals surface area contributed by atoms with Gasteiger partial charge >= 0.3 is 0 Å². The average molecular weight is 500 g/mol. The highest BCUT2D eigenvalue weighted by molar-refractivity contribution is 7.92. The predicted octanol–water partition coefficient (Wildman–Crippen LogP) is 3.36. The number of nitrogens with one attached hydrogen (secondary N) is 1. The van der Waals surface area contributed by atoms with Gasteiger partial charge in [-0.05, 0) is 72.8 Å². The first-order valence-electron chi connectivity index (χ1n) is 11.0. The molecule has 0 spiro atoms. The number of nitrogens with zero attached hydrogens (tertiary/aromatic N) is 2. The van der Waals surface area contributed by atoms with Gasteiger partial charge in [-0.1, -0.05) is 0 Å². The number of piperazine rings is 1. The molecule has 1 amide bonds. The third kappa shape index (κ3) is 6.21. The summed E-state index contributed by atoms with van der Waals surface area (Å²) in [5.41, 5.74) is 1.34. The highest BCUT2D eigenvalue weighted by Gasteiger charge is 2.22. The Labute approximate surface area is 203 Å². The van der Waals surface area contributed by atoms with Gasteiger partial charge in [-0.2, -0.15) is 0 Å². The van der Waals surface area contributed by atoms with Crippen LogP contribution in [0.25, 0.3) is 0 Å². The van der Waals surface area contributed by atoms with E-state index < -0.39 is 15.8 Å². The van der Waals surface area contributed by atoms with Crippen molar-refractivity contribution in [3.05, 3.63) is 78.6 Å².